The molecule has 1 saturated heterocycles. The SMILES string of the molecule is CCOc1ccc([C@@H]2C(=C(O)c3ccc4c(c3)OCCO4)C(=O)C(=O)N2CCOC)cc1OCC. The van der Waals surface area contributed by atoms with Gasteiger partial charge in [-0.15, -0.1) is 0 Å². The van der Waals surface area contributed by atoms with Crippen LogP contribution < -0.4 is 18.9 Å². The lowest BCUT2D eigenvalue weighted by Crippen LogP contribution is -2.32. The van der Waals surface area contributed by atoms with Crippen LogP contribution in [0.4, 0.5) is 0 Å². The summed E-state index contributed by atoms with van der Waals surface area (Å²) in [5.74, 6) is 0.283. The van der Waals surface area contributed by atoms with Gasteiger partial charge in [-0.2, -0.15) is 0 Å². The second-order valence-electron chi connectivity index (χ2n) is 7.92. The number of benzene rings is 2. The third-order valence-corrected chi connectivity index (χ3v) is 5.78. The van der Waals surface area contributed by atoms with E-state index in [1.54, 1.807) is 36.4 Å². The van der Waals surface area contributed by atoms with Gasteiger partial charge in [0.2, 0.25) is 0 Å². The highest BCUT2D eigenvalue weighted by Gasteiger charge is 2.46. The van der Waals surface area contributed by atoms with Crippen molar-refractivity contribution in [3.63, 3.8) is 0 Å². The van der Waals surface area contributed by atoms with Crippen molar-refractivity contribution >= 4 is 17.4 Å². The highest BCUT2D eigenvalue weighted by atomic mass is 16.6. The van der Waals surface area contributed by atoms with Crippen molar-refractivity contribution in [2.24, 2.45) is 0 Å². The molecule has 4 rings (SSSR count). The van der Waals surface area contributed by atoms with Gasteiger partial charge in [-0.3, -0.25) is 9.59 Å². The van der Waals surface area contributed by atoms with Crippen molar-refractivity contribution in [1.29, 1.82) is 0 Å². The lowest BCUT2D eigenvalue weighted by molar-refractivity contribution is -0.140. The Hall–Kier alpha value is -3.72. The zero-order chi connectivity index (χ0) is 24.9. The van der Waals surface area contributed by atoms with Crippen molar-refractivity contribution in [2.45, 2.75) is 19.9 Å². The van der Waals surface area contributed by atoms with E-state index < -0.39 is 17.7 Å². The second kappa shape index (κ2) is 10.7. The summed E-state index contributed by atoms with van der Waals surface area (Å²) in [4.78, 5) is 27.6. The largest absolute Gasteiger partial charge is 0.507 e. The summed E-state index contributed by atoms with van der Waals surface area (Å²) in [5.41, 5.74) is 0.931. The number of aliphatic hydroxyl groups excluding tert-OH is 1. The number of rotatable bonds is 9. The van der Waals surface area contributed by atoms with E-state index in [0.29, 0.717) is 60.6 Å². The molecule has 0 aromatic heterocycles. The molecule has 1 fully saturated rings. The van der Waals surface area contributed by atoms with Gasteiger partial charge in [0.1, 0.15) is 19.0 Å². The molecule has 2 aromatic carbocycles. The van der Waals surface area contributed by atoms with Crippen LogP contribution in [0.5, 0.6) is 23.0 Å². The zero-order valence-corrected chi connectivity index (χ0v) is 20.0. The Bertz CT molecular complexity index is 1140. The first kappa shape index (κ1) is 24.4. The average molecular weight is 484 g/mol. The van der Waals surface area contributed by atoms with Gasteiger partial charge in [0.15, 0.2) is 23.0 Å². The average Bonchev–Trinajstić information content (AvgIpc) is 3.13. The van der Waals surface area contributed by atoms with Gasteiger partial charge in [-0.25, -0.2) is 0 Å². The zero-order valence-electron chi connectivity index (χ0n) is 20.0. The molecule has 2 aliphatic heterocycles. The quantitative estimate of drug-likeness (QED) is 0.329. The van der Waals surface area contributed by atoms with E-state index in [-0.39, 0.29) is 24.5 Å². The van der Waals surface area contributed by atoms with Crippen molar-refractivity contribution in [3.05, 3.63) is 53.1 Å². The molecule has 0 spiro atoms. The fourth-order valence-corrected chi connectivity index (χ4v) is 4.23. The van der Waals surface area contributed by atoms with Gasteiger partial charge in [0.05, 0.1) is 31.4 Å². The van der Waals surface area contributed by atoms with E-state index in [0.717, 1.165) is 0 Å². The van der Waals surface area contributed by atoms with E-state index in [1.807, 2.05) is 13.8 Å². The number of hydrogen-bond acceptors (Lipinski definition) is 8. The van der Waals surface area contributed by atoms with Crippen LogP contribution in [0.1, 0.15) is 31.0 Å². The third kappa shape index (κ3) is 4.77. The molecule has 35 heavy (non-hydrogen) atoms. The van der Waals surface area contributed by atoms with Gasteiger partial charge in [-0.05, 0) is 49.7 Å². The maximum Gasteiger partial charge on any atom is 0.295 e. The van der Waals surface area contributed by atoms with E-state index in [4.69, 9.17) is 23.7 Å². The van der Waals surface area contributed by atoms with Gasteiger partial charge < -0.3 is 33.7 Å². The first-order chi connectivity index (χ1) is 17.0. The number of methoxy groups -OCH3 is 1. The maximum atomic E-state index is 13.2. The smallest absolute Gasteiger partial charge is 0.295 e. The van der Waals surface area contributed by atoms with Crippen molar-refractivity contribution < 1.29 is 38.4 Å². The number of Topliss-reactive ketones (excluding diaryl/α,β-unsaturated/α-hetero) is 1. The van der Waals surface area contributed by atoms with Gasteiger partial charge in [-0.1, -0.05) is 6.07 Å². The molecule has 9 nitrogen and oxygen atoms in total. The molecule has 9 heteroatoms. The van der Waals surface area contributed by atoms with Crippen LogP contribution in [0, 0.1) is 0 Å². The minimum Gasteiger partial charge on any atom is -0.507 e. The highest BCUT2D eigenvalue weighted by Crippen LogP contribution is 2.43. The van der Waals surface area contributed by atoms with E-state index >= 15 is 0 Å². The molecule has 0 aliphatic carbocycles. The second-order valence-corrected chi connectivity index (χ2v) is 7.92. The number of ether oxygens (including phenoxy) is 5. The number of nitrogens with zero attached hydrogens (tertiary/aromatic N) is 1. The molecule has 0 unspecified atom stereocenters. The standard InChI is InChI=1S/C26H29NO8/c1-4-32-18-8-6-16(14-20(18)33-5-2)23-22(25(29)26(30)27(23)10-11-31-3)24(28)17-7-9-19-21(15-17)35-13-12-34-19/h6-9,14-15,23,28H,4-5,10-13H2,1-3H3/t23-/m1/s1. The Labute approximate surface area is 203 Å². The molecule has 186 valence electrons. The number of likely N-dealkylation sites (tertiary alicyclic amines) is 1. The normalized spacial score (nSPS) is 18.6. The molecular weight excluding hydrogens is 454 g/mol. The molecule has 2 aromatic rings. The van der Waals surface area contributed by atoms with E-state index in [1.165, 1.54) is 12.0 Å². The number of ketones is 1. The highest BCUT2D eigenvalue weighted by molar-refractivity contribution is 6.46. The Kier molecular flexibility index (Phi) is 7.45. The fourth-order valence-electron chi connectivity index (χ4n) is 4.23. The number of carbonyl (C=O) groups excluding carboxylic acids is 2. The van der Waals surface area contributed by atoms with E-state index in [9.17, 15) is 14.7 Å². The number of fused-ring (bicyclic) bond motifs is 1. The lowest BCUT2D eigenvalue weighted by atomic mass is 9.94. The Balaban J connectivity index is 1.84. The van der Waals surface area contributed by atoms with Crippen molar-refractivity contribution in [3.8, 4) is 23.0 Å². The van der Waals surface area contributed by atoms with Crippen molar-refractivity contribution in [1.82, 2.24) is 4.90 Å². The van der Waals surface area contributed by atoms with Crippen molar-refractivity contribution in [2.75, 3.05) is 46.7 Å². The molecule has 2 heterocycles. The van der Waals surface area contributed by atoms with Crippen LogP contribution in [-0.4, -0.2) is 68.4 Å². The predicted molar refractivity (Wildman–Crippen MR) is 127 cm³/mol. The van der Waals surface area contributed by atoms with Crippen LogP contribution >= 0.6 is 0 Å². The Morgan fingerprint density at radius 1 is 1.00 bits per heavy atom. The first-order valence-corrected chi connectivity index (χ1v) is 11.6. The fraction of sp³-hybridized carbons (Fsp3) is 0.385. The van der Waals surface area contributed by atoms with Gasteiger partial charge >= 0.3 is 0 Å². The summed E-state index contributed by atoms with van der Waals surface area (Å²) in [5, 5.41) is 11.3. The Morgan fingerprint density at radius 3 is 2.43 bits per heavy atom. The van der Waals surface area contributed by atoms with Crippen LogP contribution in [0.15, 0.2) is 42.0 Å². The van der Waals surface area contributed by atoms with Gasteiger partial charge in [0, 0.05) is 19.2 Å². The minimum absolute atomic E-state index is 0.0191. The summed E-state index contributed by atoms with van der Waals surface area (Å²) in [6.07, 6.45) is 0. The molecule has 1 atom stereocenters. The predicted octanol–water partition coefficient (Wildman–Crippen LogP) is 3.32. The van der Waals surface area contributed by atoms with Gasteiger partial charge in [0.25, 0.3) is 11.7 Å². The number of carbonyl (C=O) groups is 2. The summed E-state index contributed by atoms with van der Waals surface area (Å²) in [7, 11) is 1.52. The monoisotopic (exact) mass is 483 g/mol. The van der Waals surface area contributed by atoms with Crippen LogP contribution in [0.3, 0.4) is 0 Å². The number of aliphatic hydroxyl groups is 1. The Morgan fingerprint density at radius 2 is 1.71 bits per heavy atom. The minimum atomic E-state index is -0.840. The lowest BCUT2D eigenvalue weighted by Gasteiger charge is -2.26. The molecule has 1 amide bonds. The maximum absolute atomic E-state index is 13.2. The topological polar surface area (TPSA) is 104 Å². The van der Waals surface area contributed by atoms with Crippen LogP contribution in [0.25, 0.3) is 5.76 Å². The summed E-state index contributed by atoms with van der Waals surface area (Å²) in [6, 6.07) is 9.31. The molecule has 0 radical (unpaired) electrons. The first-order valence-electron chi connectivity index (χ1n) is 11.6. The molecule has 1 N–H and O–H groups in total. The molecule has 2 aliphatic rings. The third-order valence-electron chi connectivity index (χ3n) is 5.78. The van der Waals surface area contributed by atoms with Crippen LogP contribution in [0.2, 0.25) is 0 Å². The molecule has 0 bridgehead atoms. The molecular formula is C26H29NO8. The molecule has 0 saturated carbocycles. The van der Waals surface area contributed by atoms with Crippen LogP contribution in [-0.2, 0) is 14.3 Å². The summed E-state index contributed by atoms with van der Waals surface area (Å²) < 4.78 is 27.8. The number of amides is 1. The summed E-state index contributed by atoms with van der Waals surface area (Å²) in [6.45, 7) is 5.80. The van der Waals surface area contributed by atoms with E-state index in [2.05, 4.69) is 0 Å². The number of hydrogen-bond donors (Lipinski definition) is 1. The summed E-state index contributed by atoms with van der Waals surface area (Å²) >= 11 is 0.